The first-order chi connectivity index (χ1) is 9.20. The molecule has 0 unspecified atom stereocenters. The topological polar surface area (TPSA) is 33.1 Å². The molecule has 1 aliphatic rings. The van der Waals surface area contributed by atoms with Crippen LogP contribution in [0.4, 0.5) is 0 Å². The van der Waals surface area contributed by atoms with E-state index in [1.54, 1.807) is 0 Å². The summed E-state index contributed by atoms with van der Waals surface area (Å²) in [5.74, 6) is 0. The van der Waals surface area contributed by atoms with Gasteiger partial charge in [-0.2, -0.15) is 0 Å². The summed E-state index contributed by atoms with van der Waals surface area (Å²) in [6.45, 7) is 11.3. The van der Waals surface area contributed by atoms with Crippen LogP contribution in [0.25, 0.3) is 0 Å². The quantitative estimate of drug-likeness (QED) is 0.856. The monoisotopic (exact) mass is 264 g/mol. The van der Waals surface area contributed by atoms with Gasteiger partial charge in [0.05, 0.1) is 12.0 Å². The van der Waals surface area contributed by atoms with Gasteiger partial charge in [0.15, 0.2) is 0 Å². The predicted molar refractivity (Wildman–Crippen MR) is 79.2 cm³/mol. The molecule has 108 valence electrons. The Morgan fingerprint density at radius 1 is 1.37 bits per heavy atom. The number of nitrogens with one attached hydrogen (secondary N) is 1. The molecule has 1 aromatic heterocycles. The SMILES string of the molecule is CCCN1CCC(n2cncc2CNC(C)C)CC1. The molecule has 1 fully saturated rings. The van der Waals surface area contributed by atoms with Crippen molar-refractivity contribution in [2.75, 3.05) is 19.6 Å². The number of hydrogen-bond acceptors (Lipinski definition) is 3. The van der Waals surface area contributed by atoms with Gasteiger partial charge in [-0.1, -0.05) is 20.8 Å². The van der Waals surface area contributed by atoms with Crippen molar-refractivity contribution in [1.29, 1.82) is 0 Å². The second kappa shape index (κ2) is 7.06. The fourth-order valence-corrected chi connectivity index (χ4v) is 2.84. The highest BCUT2D eigenvalue weighted by molar-refractivity contribution is 5.01. The third-order valence-corrected chi connectivity index (χ3v) is 3.93. The third-order valence-electron chi connectivity index (χ3n) is 3.93. The normalized spacial score (nSPS) is 18.3. The molecule has 0 saturated carbocycles. The number of hydrogen-bond donors (Lipinski definition) is 1. The molecule has 0 spiro atoms. The summed E-state index contributed by atoms with van der Waals surface area (Å²) in [7, 11) is 0. The number of likely N-dealkylation sites (tertiary alicyclic amines) is 1. The molecule has 4 nitrogen and oxygen atoms in total. The van der Waals surface area contributed by atoms with Crippen LogP contribution in [0.1, 0.15) is 51.8 Å². The van der Waals surface area contributed by atoms with Crippen molar-refractivity contribution in [2.24, 2.45) is 0 Å². The molecular formula is C15H28N4. The zero-order valence-electron chi connectivity index (χ0n) is 12.6. The van der Waals surface area contributed by atoms with Crippen molar-refractivity contribution in [3.63, 3.8) is 0 Å². The summed E-state index contributed by atoms with van der Waals surface area (Å²) in [6.07, 6.45) is 7.79. The maximum atomic E-state index is 4.34. The van der Waals surface area contributed by atoms with Crippen LogP contribution in [0.2, 0.25) is 0 Å². The minimum Gasteiger partial charge on any atom is -0.330 e. The van der Waals surface area contributed by atoms with Gasteiger partial charge >= 0.3 is 0 Å². The fourth-order valence-electron chi connectivity index (χ4n) is 2.84. The van der Waals surface area contributed by atoms with Gasteiger partial charge in [0, 0.05) is 37.9 Å². The van der Waals surface area contributed by atoms with Gasteiger partial charge in [0.1, 0.15) is 0 Å². The van der Waals surface area contributed by atoms with Gasteiger partial charge in [-0.05, 0) is 25.8 Å². The van der Waals surface area contributed by atoms with E-state index in [1.807, 2.05) is 12.5 Å². The van der Waals surface area contributed by atoms with E-state index in [2.05, 4.69) is 40.5 Å². The van der Waals surface area contributed by atoms with Crippen LogP contribution in [0.15, 0.2) is 12.5 Å². The Hall–Kier alpha value is -0.870. The second-order valence-electron chi connectivity index (χ2n) is 5.90. The summed E-state index contributed by atoms with van der Waals surface area (Å²) in [5, 5.41) is 3.49. The molecule has 0 aromatic carbocycles. The number of imidazole rings is 1. The summed E-state index contributed by atoms with van der Waals surface area (Å²) in [6, 6.07) is 1.16. The number of aromatic nitrogens is 2. The molecule has 1 N–H and O–H groups in total. The molecule has 0 bridgehead atoms. The first kappa shape index (κ1) is 14.5. The van der Waals surface area contributed by atoms with E-state index in [0.717, 1.165) is 6.54 Å². The molecule has 0 aliphatic carbocycles. The Kier molecular flexibility index (Phi) is 5.40. The highest BCUT2D eigenvalue weighted by atomic mass is 15.2. The molecule has 2 rings (SSSR count). The average molecular weight is 264 g/mol. The van der Waals surface area contributed by atoms with E-state index in [4.69, 9.17) is 0 Å². The smallest absolute Gasteiger partial charge is 0.0951 e. The van der Waals surface area contributed by atoms with Gasteiger partial charge < -0.3 is 14.8 Å². The molecule has 0 amide bonds. The predicted octanol–water partition coefficient (Wildman–Crippen LogP) is 2.43. The summed E-state index contributed by atoms with van der Waals surface area (Å²) in [5.41, 5.74) is 1.32. The second-order valence-corrected chi connectivity index (χ2v) is 5.90. The zero-order valence-corrected chi connectivity index (χ0v) is 12.6. The van der Waals surface area contributed by atoms with Crippen LogP contribution in [-0.2, 0) is 6.54 Å². The Bertz CT molecular complexity index is 364. The van der Waals surface area contributed by atoms with E-state index < -0.39 is 0 Å². The summed E-state index contributed by atoms with van der Waals surface area (Å²) in [4.78, 5) is 6.92. The zero-order chi connectivity index (χ0) is 13.7. The Morgan fingerprint density at radius 3 is 2.74 bits per heavy atom. The van der Waals surface area contributed by atoms with E-state index in [-0.39, 0.29) is 0 Å². The van der Waals surface area contributed by atoms with Gasteiger partial charge in [-0.25, -0.2) is 4.98 Å². The van der Waals surface area contributed by atoms with Crippen molar-refractivity contribution < 1.29 is 0 Å². The third kappa shape index (κ3) is 4.05. The van der Waals surface area contributed by atoms with Crippen LogP contribution in [-0.4, -0.2) is 40.1 Å². The highest BCUT2D eigenvalue weighted by Gasteiger charge is 2.21. The molecule has 2 heterocycles. The van der Waals surface area contributed by atoms with E-state index in [9.17, 15) is 0 Å². The summed E-state index contributed by atoms with van der Waals surface area (Å²) < 4.78 is 2.39. The molecule has 4 heteroatoms. The van der Waals surface area contributed by atoms with Crippen LogP contribution in [0.5, 0.6) is 0 Å². The van der Waals surface area contributed by atoms with Crippen molar-refractivity contribution in [3.05, 3.63) is 18.2 Å². The van der Waals surface area contributed by atoms with E-state index in [1.165, 1.54) is 44.6 Å². The largest absolute Gasteiger partial charge is 0.330 e. The molecule has 1 aromatic rings. The molecule has 1 saturated heterocycles. The molecule has 19 heavy (non-hydrogen) atoms. The van der Waals surface area contributed by atoms with E-state index in [0.29, 0.717) is 12.1 Å². The Morgan fingerprint density at radius 2 is 2.11 bits per heavy atom. The minimum atomic E-state index is 0.523. The first-order valence-corrected chi connectivity index (χ1v) is 7.67. The highest BCUT2D eigenvalue weighted by Crippen LogP contribution is 2.24. The average Bonchev–Trinajstić information content (AvgIpc) is 2.86. The fraction of sp³-hybridized carbons (Fsp3) is 0.800. The minimum absolute atomic E-state index is 0.523. The van der Waals surface area contributed by atoms with Crippen LogP contribution in [0, 0.1) is 0 Å². The Labute approximate surface area is 117 Å². The van der Waals surface area contributed by atoms with Gasteiger partial charge in [0.2, 0.25) is 0 Å². The van der Waals surface area contributed by atoms with Gasteiger partial charge in [0.25, 0.3) is 0 Å². The van der Waals surface area contributed by atoms with Crippen molar-refractivity contribution >= 4 is 0 Å². The van der Waals surface area contributed by atoms with Crippen molar-refractivity contribution in [2.45, 2.75) is 58.7 Å². The molecule has 0 radical (unpaired) electrons. The molecule has 1 aliphatic heterocycles. The van der Waals surface area contributed by atoms with Gasteiger partial charge in [-0.3, -0.25) is 0 Å². The lowest BCUT2D eigenvalue weighted by atomic mass is 10.0. The maximum Gasteiger partial charge on any atom is 0.0951 e. The van der Waals surface area contributed by atoms with Crippen molar-refractivity contribution in [1.82, 2.24) is 19.8 Å². The van der Waals surface area contributed by atoms with Crippen LogP contribution < -0.4 is 5.32 Å². The lowest BCUT2D eigenvalue weighted by molar-refractivity contribution is 0.185. The lowest BCUT2D eigenvalue weighted by Gasteiger charge is -2.33. The number of rotatable bonds is 6. The number of nitrogens with zero attached hydrogens (tertiary/aromatic N) is 3. The molecular weight excluding hydrogens is 236 g/mol. The van der Waals surface area contributed by atoms with E-state index >= 15 is 0 Å². The Balaban J connectivity index is 1.90. The first-order valence-electron chi connectivity index (χ1n) is 7.67. The molecule has 0 atom stereocenters. The lowest BCUT2D eigenvalue weighted by Crippen LogP contribution is -2.35. The van der Waals surface area contributed by atoms with Crippen LogP contribution >= 0.6 is 0 Å². The van der Waals surface area contributed by atoms with Gasteiger partial charge in [-0.15, -0.1) is 0 Å². The summed E-state index contributed by atoms with van der Waals surface area (Å²) >= 11 is 0. The van der Waals surface area contributed by atoms with Crippen LogP contribution in [0.3, 0.4) is 0 Å². The number of piperidine rings is 1. The van der Waals surface area contributed by atoms with Crippen molar-refractivity contribution in [3.8, 4) is 0 Å². The maximum absolute atomic E-state index is 4.34. The standard InChI is InChI=1S/C15H28N4/c1-4-7-18-8-5-14(6-9-18)19-12-16-10-15(19)11-17-13(2)3/h10,12-14,17H,4-9,11H2,1-3H3.